The molecule has 0 spiro atoms. The minimum atomic E-state index is 0.459. The van der Waals surface area contributed by atoms with Gasteiger partial charge in [0.2, 0.25) is 6.54 Å². The molecular weight excluding hydrogens is 317 g/mol. The number of rotatable bonds is 3. The average Bonchev–Trinajstić information content (AvgIpc) is 2.81. The van der Waals surface area contributed by atoms with Crippen LogP contribution in [0.2, 0.25) is 10.0 Å². The first kappa shape index (κ1) is 14.9. The third-order valence-corrected chi connectivity index (χ3v) is 4.22. The molecule has 5 heteroatoms. The molecule has 0 amide bonds. The van der Waals surface area contributed by atoms with Gasteiger partial charge in [-0.15, -0.1) is 0 Å². The van der Waals surface area contributed by atoms with Gasteiger partial charge in [0.05, 0.1) is 12.1 Å². The summed E-state index contributed by atoms with van der Waals surface area (Å²) >= 11 is 12.3. The monoisotopic (exact) mass is 329 g/mol. The quantitative estimate of drug-likeness (QED) is 0.619. The fraction of sp³-hybridized carbons (Fsp3) is 0.176. The molecule has 0 radical (unpaired) electrons. The van der Waals surface area contributed by atoms with E-state index < -0.39 is 0 Å². The van der Waals surface area contributed by atoms with Crippen molar-refractivity contribution < 1.29 is 0 Å². The van der Waals surface area contributed by atoms with Gasteiger partial charge in [-0.1, -0.05) is 47.5 Å². The lowest BCUT2D eigenvalue weighted by Crippen LogP contribution is -1.99. The number of benzene rings is 2. The number of aromatic nitrogens is 2. The highest BCUT2D eigenvalue weighted by Crippen LogP contribution is 2.35. The maximum absolute atomic E-state index is 6.97. The van der Waals surface area contributed by atoms with Gasteiger partial charge in [-0.3, -0.25) is 4.68 Å². The predicted molar refractivity (Wildman–Crippen MR) is 91.3 cm³/mol. The molecule has 22 heavy (non-hydrogen) atoms. The van der Waals surface area contributed by atoms with Gasteiger partial charge >= 0.3 is 0 Å². The van der Waals surface area contributed by atoms with E-state index in [0.717, 1.165) is 27.7 Å². The van der Waals surface area contributed by atoms with Crippen LogP contribution in [-0.4, -0.2) is 16.3 Å². The molecule has 2 aromatic carbocycles. The Morgan fingerprint density at radius 2 is 2.00 bits per heavy atom. The smallest absolute Gasteiger partial charge is 0.220 e. The SMILES string of the molecule is [C-]#[N+]CCc1c2cccc(-c3ccc(Cl)cc3Cl)c2nn1C. The second kappa shape index (κ2) is 6.00. The van der Waals surface area contributed by atoms with Crippen molar-refractivity contribution in [3.8, 4) is 11.1 Å². The van der Waals surface area contributed by atoms with Crippen molar-refractivity contribution >= 4 is 34.1 Å². The Bertz CT molecular complexity index is 891. The molecule has 0 bridgehead atoms. The van der Waals surface area contributed by atoms with Crippen LogP contribution in [0.1, 0.15) is 5.69 Å². The van der Waals surface area contributed by atoms with Crippen LogP contribution < -0.4 is 0 Å². The number of halogens is 2. The highest BCUT2D eigenvalue weighted by Gasteiger charge is 2.15. The summed E-state index contributed by atoms with van der Waals surface area (Å²) in [5, 5.41) is 6.91. The number of hydrogen-bond donors (Lipinski definition) is 0. The molecule has 0 saturated carbocycles. The van der Waals surface area contributed by atoms with Crippen molar-refractivity contribution in [2.24, 2.45) is 7.05 Å². The van der Waals surface area contributed by atoms with E-state index in [1.54, 1.807) is 6.07 Å². The lowest BCUT2D eigenvalue weighted by Gasteiger charge is -2.06. The third-order valence-electron chi connectivity index (χ3n) is 3.67. The van der Waals surface area contributed by atoms with E-state index >= 15 is 0 Å². The summed E-state index contributed by atoms with van der Waals surface area (Å²) in [5.41, 5.74) is 3.85. The van der Waals surface area contributed by atoms with Gasteiger partial charge in [0.15, 0.2) is 0 Å². The molecular formula is C17H13Cl2N3. The minimum Gasteiger partial charge on any atom is -0.317 e. The Labute approximate surface area is 138 Å². The van der Waals surface area contributed by atoms with Crippen molar-refractivity contribution in [1.29, 1.82) is 0 Å². The lowest BCUT2D eigenvalue weighted by atomic mass is 10.0. The van der Waals surface area contributed by atoms with Gasteiger partial charge in [-0.25, -0.2) is 6.57 Å². The topological polar surface area (TPSA) is 22.2 Å². The van der Waals surface area contributed by atoms with Gasteiger partial charge < -0.3 is 4.85 Å². The Morgan fingerprint density at radius 1 is 1.18 bits per heavy atom. The first-order chi connectivity index (χ1) is 10.6. The number of aryl methyl sites for hydroxylation is 1. The zero-order valence-electron chi connectivity index (χ0n) is 12.0. The van der Waals surface area contributed by atoms with Crippen LogP contribution in [0.15, 0.2) is 36.4 Å². The normalized spacial score (nSPS) is 10.8. The van der Waals surface area contributed by atoms with E-state index in [9.17, 15) is 0 Å². The number of hydrogen-bond acceptors (Lipinski definition) is 1. The van der Waals surface area contributed by atoms with Crippen LogP contribution >= 0.6 is 23.2 Å². The van der Waals surface area contributed by atoms with Crippen molar-refractivity contribution in [2.75, 3.05) is 6.54 Å². The van der Waals surface area contributed by atoms with Crippen LogP contribution in [0, 0.1) is 6.57 Å². The Kier molecular flexibility index (Phi) is 4.06. The second-order valence-electron chi connectivity index (χ2n) is 5.03. The number of fused-ring (bicyclic) bond motifs is 1. The Hall–Kier alpha value is -2.02. The van der Waals surface area contributed by atoms with Crippen molar-refractivity contribution in [1.82, 2.24) is 9.78 Å². The van der Waals surface area contributed by atoms with E-state index in [0.29, 0.717) is 23.0 Å². The van der Waals surface area contributed by atoms with E-state index in [2.05, 4.69) is 9.94 Å². The van der Waals surface area contributed by atoms with Crippen LogP contribution in [-0.2, 0) is 13.5 Å². The summed E-state index contributed by atoms with van der Waals surface area (Å²) in [6.07, 6.45) is 0.689. The van der Waals surface area contributed by atoms with Crippen molar-refractivity contribution in [2.45, 2.75) is 6.42 Å². The Balaban J connectivity index is 2.21. The van der Waals surface area contributed by atoms with E-state index in [-0.39, 0.29) is 0 Å². The zero-order chi connectivity index (χ0) is 15.7. The summed E-state index contributed by atoms with van der Waals surface area (Å²) in [6, 6.07) is 11.5. The molecule has 1 aromatic heterocycles. The lowest BCUT2D eigenvalue weighted by molar-refractivity contribution is 0.724. The zero-order valence-corrected chi connectivity index (χ0v) is 13.5. The molecule has 0 aliphatic heterocycles. The summed E-state index contributed by atoms with van der Waals surface area (Å²) in [7, 11) is 1.91. The van der Waals surface area contributed by atoms with Crippen molar-refractivity contribution in [3.05, 3.63) is 63.6 Å². The maximum Gasteiger partial charge on any atom is 0.220 e. The van der Waals surface area contributed by atoms with E-state index in [1.165, 1.54) is 0 Å². The average molecular weight is 330 g/mol. The van der Waals surface area contributed by atoms with Gasteiger partial charge in [0.1, 0.15) is 5.52 Å². The summed E-state index contributed by atoms with van der Waals surface area (Å²) in [6.45, 7) is 7.43. The molecule has 0 unspecified atom stereocenters. The third kappa shape index (κ3) is 2.56. The van der Waals surface area contributed by atoms with Crippen LogP contribution in [0.5, 0.6) is 0 Å². The largest absolute Gasteiger partial charge is 0.317 e. The molecule has 0 fully saturated rings. The van der Waals surface area contributed by atoms with Crippen LogP contribution in [0.4, 0.5) is 0 Å². The summed E-state index contributed by atoms with van der Waals surface area (Å²) < 4.78 is 1.85. The fourth-order valence-corrected chi connectivity index (χ4v) is 3.16. The summed E-state index contributed by atoms with van der Waals surface area (Å²) in [4.78, 5) is 3.44. The second-order valence-corrected chi connectivity index (χ2v) is 5.87. The van der Waals surface area contributed by atoms with Gasteiger partial charge in [-0.05, 0) is 12.1 Å². The highest BCUT2D eigenvalue weighted by molar-refractivity contribution is 6.36. The minimum absolute atomic E-state index is 0.459. The van der Waals surface area contributed by atoms with Gasteiger partial charge in [-0.2, -0.15) is 5.10 Å². The van der Waals surface area contributed by atoms with E-state index in [4.69, 9.17) is 29.8 Å². The molecule has 0 aliphatic carbocycles. The molecule has 1 heterocycles. The molecule has 110 valence electrons. The molecule has 0 saturated heterocycles. The molecule has 0 atom stereocenters. The molecule has 3 rings (SSSR count). The fourth-order valence-electron chi connectivity index (χ4n) is 2.65. The molecule has 0 aliphatic rings. The highest BCUT2D eigenvalue weighted by atomic mass is 35.5. The van der Waals surface area contributed by atoms with Gasteiger partial charge in [0.25, 0.3) is 0 Å². The van der Waals surface area contributed by atoms with Gasteiger partial charge in [0, 0.05) is 33.6 Å². The molecule has 3 aromatic rings. The van der Waals surface area contributed by atoms with Crippen LogP contribution in [0.3, 0.4) is 0 Å². The number of nitrogens with zero attached hydrogens (tertiary/aromatic N) is 3. The first-order valence-corrected chi connectivity index (χ1v) is 7.60. The summed E-state index contributed by atoms with van der Waals surface area (Å²) in [5.74, 6) is 0. The maximum atomic E-state index is 6.97. The standard InChI is InChI=1S/C17H13Cl2N3/c1-20-9-8-16-14-5-3-4-13(17(14)21-22(16)2)12-7-6-11(18)10-15(12)19/h3-7,10H,8-9H2,2H3. The molecule has 0 N–H and O–H groups in total. The van der Waals surface area contributed by atoms with Crippen LogP contribution in [0.25, 0.3) is 26.9 Å². The predicted octanol–water partition coefficient (Wildman–Crippen LogP) is 5.01. The van der Waals surface area contributed by atoms with E-state index in [1.807, 2.05) is 42.1 Å². The Morgan fingerprint density at radius 3 is 2.73 bits per heavy atom. The molecule has 3 nitrogen and oxygen atoms in total. The van der Waals surface area contributed by atoms with Crippen molar-refractivity contribution in [3.63, 3.8) is 0 Å². The first-order valence-electron chi connectivity index (χ1n) is 6.85.